The molecule has 1 aromatic heterocycles. The fourth-order valence-corrected chi connectivity index (χ4v) is 0.773. The second-order valence-electron chi connectivity index (χ2n) is 2.37. The monoisotopic (exact) mass is 221 g/mol. The van der Waals surface area contributed by atoms with Crippen LogP contribution in [0.4, 0.5) is 23.2 Å². The zero-order valence-electron chi connectivity index (χ0n) is 6.97. The lowest BCUT2D eigenvalue weighted by Gasteiger charge is -2.09. The van der Waals surface area contributed by atoms with Crippen LogP contribution in [-0.2, 0) is 0 Å². The highest BCUT2D eigenvalue weighted by atomic mass is 19.4. The molecule has 0 aliphatic heterocycles. The molecule has 0 saturated heterocycles. The van der Waals surface area contributed by atoms with Gasteiger partial charge in [0.1, 0.15) is 6.07 Å². The van der Waals surface area contributed by atoms with Crippen LogP contribution in [0.3, 0.4) is 0 Å². The highest BCUT2D eigenvalue weighted by Gasteiger charge is 2.33. The van der Waals surface area contributed by atoms with Gasteiger partial charge in [0.15, 0.2) is 11.4 Å². The molecule has 0 fully saturated rings. The van der Waals surface area contributed by atoms with E-state index in [4.69, 9.17) is 11.0 Å². The van der Waals surface area contributed by atoms with E-state index in [1.165, 1.54) is 6.07 Å². The minimum atomic E-state index is -5.04. The molecular formula is C7H3F4N3O. The lowest BCUT2D eigenvalue weighted by Crippen LogP contribution is -2.18. The van der Waals surface area contributed by atoms with Crippen molar-refractivity contribution in [2.75, 3.05) is 5.73 Å². The lowest BCUT2D eigenvalue weighted by atomic mass is 10.3. The maximum Gasteiger partial charge on any atom is 0.573 e. The van der Waals surface area contributed by atoms with Gasteiger partial charge in [-0.25, -0.2) is 4.98 Å². The molecule has 0 unspecified atom stereocenters. The number of alkyl halides is 3. The molecule has 8 heteroatoms. The summed E-state index contributed by atoms with van der Waals surface area (Å²) in [5.41, 5.74) is 4.23. The predicted octanol–water partition coefficient (Wildman–Crippen LogP) is 1.57. The van der Waals surface area contributed by atoms with E-state index in [9.17, 15) is 17.6 Å². The van der Waals surface area contributed by atoms with Gasteiger partial charge in [0, 0.05) is 6.07 Å². The second-order valence-corrected chi connectivity index (χ2v) is 2.37. The van der Waals surface area contributed by atoms with E-state index in [0.29, 0.717) is 6.07 Å². The van der Waals surface area contributed by atoms with E-state index in [1.807, 2.05) is 0 Å². The molecule has 0 aliphatic carbocycles. The van der Waals surface area contributed by atoms with Gasteiger partial charge >= 0.3 is 6.36 Å². The van der Waals surface area contributed by atoms with Crippen LogP contribution in [0.1, 0.15) is 5.69 Å². The number of halogens is 4. The van der Waals surface area contributed by atoms with E-state index >= 15 is 0 Å². The Labute approximate surface area is 80.9 Å². The minimum absolute atomic E-state index is 0.391. The number of nitrogen functional groups attached to an aromatic ring is 1. The van der Waals surface area contributed by atoms with E-state index < -0.39 is 29.4 Å². The summed E-state index contributed by atoms with van der Waals surface area (Å²) in [5.74, 6) is -2.71. The van der Waals surface area contributed by atoms with Gasteiger partial charge in [0.25, 0.3) is 5.95 Å². The van der Waals surface area contributed by atoms with E-state index in [1.54, 1.807) is 0 Å². The number of hydrogen-bond acceptors (Lipinski definition) is 4. The van der Waals surface area contributed by atoms with E-state index in [0.717, 1.165) is 0 Å². The largest absolute Gasteiger partial charge is 0.573 e. The summed E-state index contributed by atoms with van der Waals surface area (Å²) < 4.78 is 51.2. The quantitative estimate of drug-likeness (QED) is 0.577. The minimum Gasteiger partial charge on any atom is -0.401 e. The fraction of sp³-hybridized carbons (Fsp3) is 0.143. The SMILES string of the molecule is N#Cc1nc(F)c(OC(F)(F)F)cc1N. The number of anilines is 1. The van der Waals surface area contributed by atoms with Gasteiger partial charge in [-0.05, 0) is 0 Å². The Morgan fingerprint density at radius 2 is 2.07 bits per heavy atom. The van der Waals surface area contributed by atoms with Crippen molar-refractivity contribution in [3.63, 3.8) is 0 Å². The zero-order chi connectivity index (χ0) is 11.6. The molecule has 1 heterocycles. The molecule has 4 nitrogen and oxygen atoms in total. The molecule has 15 heavy (non-hydrogen) atoms. The standard InChI is InChI=1S/C7H3F4N3O/c8-6-5(15-7(9,10)11)1-3(13)4(2-12)14-6/h1H,13H2. The highest BCUT2D eigenvalue weighted by Crippen LogP contribution is 2.27. The van der Waals surface area contributed by atoms with Crippen LogP contribution in [0.15, 0.2) is 6.07 Å². The topological polar surface area (TPSA) is 71.9 Å². The summed E-state index contributed by atoms with van der Waals surface area (Å²) in [5, 5.41) is 8.34. The molecule has 0 amide bonds. The Balaban J connectivity index is 3.13. The predicted molar refractivity (Wildman–Crippen MR) is 40.0 cm³/mol. The third-order valence-corrected chi connectivity index (χ3v) is 1.30. The van der Waals surface area contributed by atoms with Crippen molar-refractivity contribution >= 4 is 5.69 Å². The number of nitrogens with zero attached hydrogens (tertiary/aromatic N) is 2. The Kier molecular flexibility index (Phi) is 2.65. The van der Waals surface area contributed by atoms with Gasteiger partial charge in [-0.15, -0.1) is 13.2 Å². The number of aromatic nitrogens is 1. The first-order valence-electron chi connectivity index (χ1n) is 3.45. The van der Waals surface area contributed by atoms with Crippen LogP contribution < -0.4 is 10.5 Å². The van der Waals surface area contributed by atoms with Crippen LogP contribution in [0.5, 0.6) is 5.75 Å². The van der Waals surface area contributed by atoms with Gasteiger partial charge in [-0.2, -0.15) is 9.65 Å². The molecule has 1 aromatic rings. The van der Waals surface area contributed by atoms with Crippen LogP contribution in [0.25, 0.3) is 0 Å². The smallest absolute Gasteiger partial charge is 0.401 e. The summed E-state index contributed by atoms with van der Waals surface area (Å²) >= 11 is 0. The Hall–Kier alpha value is -2.04. The van der Waals surface area contributed by atoms with Crippen LogP contribution in [0.2, 0.25) is 0 Å². The second kappa shape index (κ2) is 3.61. The van der Waals surface area contributed by atoms with Gasteiger partial charge in [-0.1, -0.05) is 0 Å². The van der Waals surface area contributed by atoms with Crippen molar-refractivity contribution in [2.24, 2.45) is 0 Å². The molecule has 1 rings (SSSR count). The summed E-state index contributed by atoms with van der Waals surface area (Å²) in [6.45, 7) is 0. The number of hydrogen-bond donors (Lipinski definition) is 1. The lowest BCUT2D eigenvalue weighted by molar-refractivity contribution is -0.275. The average Bonchev–Trinajstić information content (AvgIpc) is 2.08. The molecule has 2 N–H and O–H groups in total. The molecule has 0 aliphatic rings. The summed E-state index contributed by atoms with van der Waals surface area (Å²) in [4.78, 5) is 2.90. The summed E-state index contributed by atoms with van der Waals surface area (Å²) in [6, 6.07) is 1.96. The van der Waals surface area contributed by atoms with Crippen molar-refractivity contribution < 1.29 is 22.3 Å². The Morgan fingerprint density at radius 1 is 1.47 bits per heavy atom. The maximum atomic E-state index is 12.8. The third kappa shape index (κ3) is 2.70. The van der Waals surface area contributed by atoms with Crippen molar-refractivity contribution in [2.45, 2.75) is 6.36 Å². The first kappa shape index (κ1) is 11.0. The van der Waals surface area contributed by atoms with E-state index in [2.05, 4.69) is 9.72 Å². The number of nitriles is 1. The number of nitrogens with two attached hydrogens (primary N) is 1. The van der Waals surface area contributed by atoms with Gasteiger partial charge in [-0.3, -0.25) is 0 Å². The van der Waals surface area contributed by atoms with Gasteiger partial charge in [0.2, 0.25) is 0 Å². The molecule has 0 atom stereocenters. The maximum absolute atomic E-state index is 12.8. The highest BCUT2D eigenvalue weighted by molar-refractivity contribution is 5.52. The number of pyridine rings is 1. The number of ether oxygens (including phenoxy) is 1. The average molecular weight is 221 g/mol. The molecule has 80 valence electrons. The van der Waals surface area contributed by atoms with E-state index in [-0.39, 0.29) is 0 Å². The van der Waals surface area contributed by atoms with Crippen molar-refractivity contribution in [3.05, 3.63) is 17.7 Å². The third-order valence-electron chi connectivity index (χ3n) is 1.30. The Morgan fingerprint density at radius 3 is 2.53 bits per heavy atom. The molecular weight excluding hydrogens is 218 g/mol. The van der Waals surface area contributed by atoms with Crippen LogP contribution >= 0.6 is 0 Å². The van der Waals surface area contributed by atoms with Crippen molar-refractivity contribution in [3.8, 4) is 11.8 Å². The normalized spacial score (nSPS) is 10.9. The van der Waals surface area contributed by atoms with Crippen LogP contribution in [0, 0.1) is 17.3 Å². The van der Waals surface area contributed by atoms with Gasteiger partial charge < -0.3 is 10.5 Å². The summed E-state index contributed by atoms with van der Waals surface area (Å²) in [6.07, 6.45) is -5.04. The first-order valence-corrected chi connectivity index (χ1v) is 3.45. The number of rotatable bonds is 1. The van der Waals surface area contributed by atoms with Crippen molar-refractivity contribution in [1.82, 2.24) is 4.98 Å². The first-order chi connectivity index (χ1) is 6.83. The fourth-order valence-electron chi connectivity index (χ4n) is 0.773. The molecule has 0 spiro atoms. The van der Waals surface area contributed by atoms with Crippen LogP contribution in [-0.4, -0.2) is 11.3 Å². The van der Waals surface area contributed by atoms with Crippen molar-refractivity contribution in [1.29, 1.82) is 5.26 Å². The molecule has 0 aromatic carbocycles. The molecule has 0 radical (unpaired) electrons. The molecule has 0 bridgehead atoms. The molecule has 0 saturated carbocycles. The Bertz CT molecular complexity index is 423. The summed E-state index contributed by atoms with van der Waals surface area (Å²) in [7, 11) is 0. The van der Waals surface area contributed by atoms with Gasteiger partial charge in [0.05, 0.1) is 5.69 Å². The zero-order valence-corrected chi connectivity index (χ0v) is 6.97.